The number of methoxy groups -OCH3 is 1. The first kappa shape index (κ1) is 12.1. The van der Waals surface area contributed by atoms with E-state index in [2.05, 4.69) is 15.5 Å². The molecular formula is C12H19N3O2. The van der Waals surface area contributed by atoms with E-state index in [0.29, 0.717) is 12.2 Å². The van der Waals surface area contributed by atoms with Crippen LogP contribution in [0, 0.1) is 0 Å². The first-order valence-electron chi connectivity index (χ1n) is 6.06. The SMILES string of the molecule is CCc1cn[nH]c1NC(=O)CC1(OC)CCC1. The predicted octanol–water partition coefficient (Wildman–Crippen LogP) is 1.87. The number of nitrogens with zero attached hydrogens (tertiary/aromatic N) is 1. The lowest BCUT2D eigenvalue weighted by Gasteiger charge is -2.39. The number of carbonyl (C=O) groups is 1. The Balaban J connectivity index is 1.93. The number of H-pyrrole nitrogens is 1. The van der Waals surface area contributed by atoms with Crippen molar-refractivity contribution in [3.63, 3.8) is 0 Å². The minimum Gasteiger partial charge on any atom is -0.378 e. The standard InChI is InChI=1S/C12H19N3O2/c1-3-9-8-13-15-11(9)14-10(16)7-12(17-2)5-4-6-12/h8H,3-7H2,1-2H3,(H2,13,14,15,16). The van der Waals surface area contributed by atoms with Crippen molar-refractivity contribution in [3.8, 4) is 0 Å². The van der Waals surface area contributed by atoms with Crippen LogP contribution < -0.4 is 5.32 Å². The Morgan fingerprint density at radius 1 is 1.65 bits per heavy atom. The summed E-state index contributed by atoms with van der Waals surface area (Å²) in [5.74, 6) is 0.702. The maximum Gasteiger partial charge on any atom is 0.228 e. The Labute approximate surface area is 101 Å². The highest BCUT2D eigenvalue weighted by atomic mass is 16.5. The number of anilines is 1. The number of nitrogens with one attached hydrogen (secondary N) is 2. The van der Waals surface area contributed by atoms with E-state index in [1.54, 1.807) is 13.3 Å². The highest BCUT2D eigenvalue weighted by Crippen LogP contribution is 2.38. The lowest BCUT2D eigenvalue weighted by atomic mass is 9.77. The van der Waals surface area contributed by atoms with Crippen molar-refractivity contribution >= 4 is 11.7 Å². The molecule has 1 heterocycles. The lowest BCUT2D eigenvalue weighted by Crippen LogP contribution is -2.42. The van der Waals surface area contributed by atoms with Crippen LogP contribution in [0.15, 0.2) is 6.20 Å². The zero-order valence-electron chi connectivity index (χ0n) is 10.4. The van der Waals surface area contributed by atoms with Crippen molar-refractivity contribution < 1.29 is 9.53 Å². The molecule has 1 aliphatic rings. The predicted molar refractivity (Wildman–Crippen MR) is 64.8 cm³/mol. The molecule has 0 saturated heterocycles. The number of hydrogen-bond acceptors (Lipinski definition) is 3. The van der Waals surface area contributed by atoms with E-state index in [0.717, 1.165) is 31.2 Å². The molecule has 0 atom stereocenters. The van der Waals surface area contributed by atoms with Gasteiger partial charge in [0.15, 0.2) is 0 Å². The van der Waals surface area contributed by atoms with Crippen molar-refractivity contribution in [2.24, 2.45) is 0 Å². The second-order valence-electron chi connectivity index (χ2n) is 4.59. The van der Waals surface area contributed by atoms with Crippen molar-refractivity contribution in [2.75, 3.05) is 12.4 Å². The van der Waals surface area contributed by atoms with E-state index in [-0.39, 0.29) is 11.5 Å². The van der Waals surface area contributed by atoms with Crippen LogP contribution in [-0.4, -0.2) is 28.8 Å². The number of rotatable bonds is 5. The van der Waals surface area contributed by atoms with Crippen molar-refractivity contribution in [2.45, 2.75) is 44.6 Å². The van der Waals surface area contributed by atoms with E-state index in [4.69, 9.17) is 4.74 Å². The molecule has 5 nitrogen and oxygen atoms in total. The van der Waals surface area contributed by atoms with Crippen LogP contribution in [0.3, 0.4) is 0 Å². The van der Waals surface area contributed by atoms with Crippen LogP contribution in [0.5, 0.6) is 0 Å². The van der Waals surface area contributed by atoms with Gasteiger partial charge >= 0.3 is 0 Å². The minimum atomic E-state index is -0.226. The number of ether oxygens (including phenoxy) is 1. The molecule has 2 rings (SSSR count). The number of amides is 1. The maximum absolute atomic E-state index is 11.9. The monoisotopic (exact) mass is 237 g/mol. The Morgan fingerprint density at radius 2 is 2.41 bits per heavy atom. The molecule has 1 saturated carbocycles. The molecule has 2 N–H and O–H groups in total. The molecule has 0 bridgehead atoms. The van der Waals surface area contributed by atoms with E-state index in [1.165, 1.54) is 0 Å². The van der Waals surface area contributed by atoms with E-state index < -0.39 is 0 Å². The summed E-state index contributed by atoms with van der Waals surface area (Å²) in [7, 11) is 1.68. The van der Waals surface area contributed by atoms with Gasteiger partial charge in [-0.2, -0.15) is 5.10 Å². The Hall–Kier alpha value is -1.36. The Bertz CT molecular complexity index is 391. The van der Waals surface area contributed by atoms with Gasteiger partial charge < -0.3 is 10.1 Å². The van der Waals surface area contributed by atoms with Crippen LogP contribution in [0.1, 0.15) is 38.2 Å². The molecule has 94 valence electrons. The second kappa shape index (κ2) is 4.87. The molecule has 0 spiro atoms. The van der Waals surface area contributed by atoms with E-state index >= 15 is 0 Å². The molecule has 5 heteroatoms. The number of hydrogen-bond donors (Lipinski definition) is 2. The molecule has 0 aromatic carbocycles. The van der Waals surface area contributed by atoms with Crippen LogP contribution >= 0.6 is 0 Å². The summed E-state index contributed by atoms with van der Waals surface area (Å²) in [4.78, 5) is 11.9. The number of aromatic nitrogens is 2. The summed E-state index contributed by atoms with van der Waals surface area (Å²) >= 11 is 0. The van der Waals surface area contributed by atoms with Crippen LogP contribution in [0.2, 0.25) is 0 Å². The third-order valence-corrected chi connectivity index (χ3v) is 3.54. The molecular weight excluding hydrogens is 218 g/mol. The van der Waals surface area contributed by atoms with Gasteiger partial charge in [-0.25, -0.2) is 0 Å². The number of aromatic amines is 1. The normalized spacial score (nSPS) is 17.5. The Kier molecular flexibility index (Phi) is 3.47. The topological polar surface area (TPSA) is 67.0 Å². The second-order valence-corrected chi connectivity index (χ2v) is 4.59. The molecule has 1 amide bonds. The van der Waals surface area contributed by atoms with Gasteiger partial charge in [0.05, 0.1) is 18.2 Å². The zero-order valence-corrected chi connectivity index (χ0v) is 10.4. The van der Waals surface area contributed by atoms with Gasteiger partial charge in [0.25, 0.3) is 0 Å². The van der Waals surface area contributed by atoms with Crippen LogP contribution in [0.25, 0.3) is 0 Å². The minimum absolute atomic E-state index is 0.00880. The Morgan fingerprint density at radius 3 is 2.94 bits per heavy atom. The summed E-state index contributed by atoms with van der Waals surface area (Å²) in [5, 5.41) is 9.59. The van der Waals surface area contributed by atoms with Gasteiger partial charge in [-0.3, -0.25) is 9.89 Å². The van der Waals surface area contributed by atoms with Gasteiger partial charge in [0.1, 0.15) is 5.82 Å². The van der Waals surface area contributed by atoms with Gasteiger partial charge in [-0.15, -0.1) is 0 Å². The third kappa shape index (κ3) is 2.49. The molecule has 0 aliphatic heterocycles. The first-order chi connectivity index (χ1) is 8.19. The van der Waals surface area contributed by atoms with E-state index in [1.807, 2.05) is 6.92 Å². The highest BCUT2D eigenvalue weighted by Gasteiger charge is 2.39. The average Bonchev–Trinajstić information content (AvgIpc) is 2.70. The number of carbonyl (C=O) groups excluding carboxylic acids is 1. The fraction of sp³-hybridized carbons (Fsp3) is 0.667. The largest absolute Gasteiger partial charge is 0.378 e. The van der Waals surface area contributed by atoms with Crippen LogP contribution in [-0.2, 0) is 16.0 Å². The van der Waals surface area contributed by atoms with Crippen molar-refractivity contribution in [3.05, 3.63) is 11.8 Å². The first-order valence-corrected chi connectivity index (χ1v) is 6.06. The molecule has 0 radical (unpaired) electrons. The van der Waals surface area contributed by atoms with E-state index in [9.17, 15) is 4.79 Å². The zero-order chi connectivity index (χ0) is 12.3. The van der Waals surface area contributed by atoms with Crippen molar-refractivity contribution in [1.29, 1.82) is 0 Å². The summed E-state index contributed by atoms with van der Waals surface area (Å²) in [6.45, 7) is 2.03. The van der Waals surface area contributed by atoms with Crippen molar-refractivity contribution in [1.82, 2.24) is 10.2 Å². The third-order valence-electron chi connectivity index (χ3n) is 3.54. The quantitative estimate of drug-likeness (QED) is 0.821. The number of aryl methyl sites for hydroxylation is 1. The maximum atomic E-state index is 11.9. The summed E-state index contributed by atoms with van der Waals surface area (Å²) in [5.41, 5.74) is 0.801. The molecule has 1 fully saturated rings. The molecule has 0 unspecified atom stereocenters. The highest BCUT2D eigenvalue weighted by molar-refractivity contribution is 5.91. The summed E-state index contributed by atoms with van der Waals surface area (Å²) in [6.07, 6.45) is 6.10. The molecule has 1 aliphatic carbocycles. The van der Waals surface area contributed by atoms with Gasteiger partial charge in [-0.1, -0.05) is 6.92 Å². The van der Waals surface area contributed by atoms with Gasteiger partial charge in [-0.05, 0) is 25.7 Å². The van der Waals surface area contributed by atoms with Crippen LogP contribution in [0.4, 0.5) is 5.82 Å². The summed E-state index contributed by atoms with van der Waals surface area (Å²) < 4.78 is 5.43. The molecule has 17 heavy (non-hydrogen) atoms. The lowest BCUT2D eigenvalue weighted by molar-refractivity contribution is -0.129. The smallest absolute Gasteiger partial charge is 0.228 e. The summed E-state index contributed by atoms with van der Waals surface area (Å²) in [6, 6.07) is 0. The fourth-order valence-electron chi connectivity index (χ4n) is 2.19. The average molecular weight is 237 g/mol. The molecule has 1 aromatic heterocycles. The molecule has 1 aromatic rings. The van der Waals surface area contributed by atoms with Gasteiger partial charge in [0.2, 0.25) is 5.91 Å². The van der Waals surface area contributed by atoms with Gasteiger partial charge in [0, 0.05) is 12.7 Å². The fourth-order valence-corrected chi connectivity index (χ4v) is 2.19.